The Labute approximate surface area is 153 Å². The van der Waals surface area contributed by atoms with Crippen molar-refractivity contribution in [3.8, 4) is 0 Å². The molecule has 136 valence electrons. The lowest BCUT2D eigenvalue weighted by Crippen LogP contribution is -2.53. The maximum atomic E-state index is 12.6. The molecule has 25 heavy (non-hydrogen) atoms. The van der Waals surface area contributed by atoms with Crippen molar-refractivity contribution in [1.29, 1.82) is 0 Å². The molecule has 0 saturated carbocycles. The number of amides is 3. The standard InChI is InChI=1S/C18H25N3O3S/c22-16-11-6-10-14(20-16)18(24)21-15(9-4-5-12-25)17(23)19-13-7-2-1-3-8-13/h1-3,7-8,14-15,25H,4-6,9-12H2,(H,19,23)(H,20,22)(H,21,24)/t14-,15-/m0/s1. The van der Waals surface area contributed by atoms with Gasteiger partial charge in [0.15, 0.2) is 0 Å². The second-order valence-corrected chi connectivity index (χ2v) is 6.60. The van der Waals surface area contributed by atoms with Gasteiger partial charge in [0.25, 0.3) is 0 Å². The highest BCUT2D eigenvalue weighted by molar-refractivity contribution is 7.80. The Morgan fingerprint density at radius 3 is 2.68 bits per heavy atom. The number of rotatable bonds is 8. The smallest absolute Gasteiger partial charge is 0.246 e. The molecule has 0 radical (unpaired) electrons. The molecule has 6 nitrogen and oxygen atoms in total. The Bertz CT molecular complexity index is 594. The van der Waals surface area contributed by atoms with Crippen molar-refractivity contribution in [3.05, 3.63) is 30.3 Å². The third-order valence-electron chi connectivity index (χ3n) is 4.12. The number of carbonyl (C=O) groups excluding carboxylic acids is 3. The van der Waals surface area contributed by atoms with E-state index in [1.165, 1.54) is 0 Å². The maximum Gasteiger partial charge on any atom is 0.246 e. The Kier molecular flexibility index (Phi) is 7.78. The van der Waals surface area contributed by atoms with Gasteiger partial charge in [0.05, 0.1) is 0 Å². The second kappa shape index (κ2) is 10.1. The molecule has 2 atom stereocenters. The minimum absolute atomic E-state index is 0.119. The van der Waals surface area contributed by atoms with E-state index >= 15 is 0 Å². The van der Waals surface area contributed by atoms with Crippen LogP contribution in [0.1, 0.15) is 38.5 Å². The summed E-state index contributed by atoms with van der Waals surface area (Å²) in [6.07, 6.45) is 3.92. The summed E-state index contributed by atoms with van der Waals surface area (Å²) in [7, 11) is 0. The van der Waals surface area contributed by atoms with E-state index in [0.29, 0.717) is 31.4 Å². The number of para-hydroxylation sites is 1. The lowest BCUT2D eigenvalue weighted by atomic mass is 10.0. The summed E-state index contributed by atoms with van der Waals surface area (Å²) in [4.78, 5) is 36.5. The molecule has 1 aliphatic rings. The lowest BCUT2D eigenvalue weighted by Gasteiger charge is -2.25. The van der Waals surface area contributed by atoms with Crippen molar-refractivity contribution in [2.75, 3.05) is 11.1 Å². The van der Waals surface area contributed by atoms with Crippen LogP contribution in [0, 0.1) is 0 Å². The largest absolute Gasteiger partial charge is 0.344 e. The van der Waals surface area contributed by atoms with E-state index in [1.54, 1.807) is 12.1 Å². The van der Waals surface area contributed by atoms with Crippen LogP contribution in [0.4, 0.5) is 5.69 Å². The van der Waals surface area contributed by atoms with Crippen LogP contribution < -0.4 is 16.0 Å². The number of hydrogen-bond donors (Lipinski definition) is 4. The first kappa shape index (κ1) is 19.3. The molecule has 0 spiro atoms. The van der Waals surface area contributed by atoms with Gasteiger partial charge < -0.3 is 16.0 Å². The van der Waals surface area contributed by atoms with Crippen molar-refractivity contribution < 1.29 is 14.4 Å². The molecular formula is C18H25N3O3S. The summed E-state index contributed by atoms with van der Waals surface area (Å²) in [5.74, 6) is 0.0689. The minimum atomic E-state index is -0.633. The number of unbranched alkanes of at least 4 members (excludes halogenated alkanes) is 1. The van der Waals surface area contributed by atoms with Crippen LogP contribution in [-0.4, -0.2) is 35.6 Å². The Hall–Kier alpha value is -2.02. The molecule has 0 aliphatic carbocycles. The summed E-state index contributed by atoms with van der Waals surface area (Å²) in [5.41, 5.74) is 0.687. The van der Waals surface area contributed by atoms with Crippen LogP contribution in [-0.2, 0) is 14.4 Å². The van der Waals surface area contributed by atoms with Crippen LogP contribution in [0.15, 0.2) is 30.3 Å². The molecule has 1 heterocycles. The number of hydrogen-bond acceptors (Lipinski definition) is 4. The molecule has 0 aromatic heterocycles. The molecular weight excluding hydrogens is 338 g/mol. The second-order valence-electron chi connectivity index (χ2n) is 6.15. The van der Waals surface area contributed by atoms with Gasteiger partial charge in [-0.15, -0.1) is 0 Å². The van der Waals surface area contributed by atoms with Gasteiger partial charge in [-0.05, 0) is 43.6 Å². The molecule has 1 aliphatic heterocycles. The van der Waals surface area contributed by atoms with Crippen LogP contribution in [0.25, 0.3) is 0 Å². The summed E-state index contributed by atoms with van der Waals surface area (Å²) >= 11 is 4.18. The highest BCUT2D eigenvalue weighted by Gasteiger charge is 2.28. The van der Waals surface area contributed by atoms with Crippen molar-refractivity contribution >= 4 is 36.0 Å². The average Bonchev–Trinajstić information content (AvgIpc) is 2.61. The van der Waals surface area contributed by atoms with Gasteiger partial charge in [0, 0.05) is 12.1 Å². The molecule has 1 fully saturated rings. The lowest BCUT2D eigenvalue weighted by molar-refractivity contribution is -0.132. The van der Waals surface area contributed by atoms with Crippen molar-refractivity contribution in [2.24, 2.45) is 0 Å². The third-order valence-corrected chi connectivity index (χ3v) is 4.44. The number of nitrogens with one attached hydrogen (secondary N) is 3. The fourth-order valence-corrected chi connectivity index (χ4v) is 2.98. The van der Waals surface area contributed by atoms with Crippen molar-refractivity contribution in [3.63, 3.8) is 0 Å². The summed E-state index contributed by atoms with van der Waals surface area (Å²) in [6, 6.07) is 7.94. The van der Waals surface area contributed by atoms with E-state index in [0.717, 1.165) is 18.6 Å². The quantitative estimate of drug-likeness (QED) is 0.420. The molecule has 2 rings (SSSR count). The molecule has 0 bridgehead atoms. The molecule has 3 amide bonds. The first-order valence-electron chi connectivity index (χ1n) is 8.66. The number of thiol groups is 1. The van der Waals surface area contributed by atoms with Crippen LogP contribution in [0.3, 0.4) is 0 Å². The highest BCUT2D eigenvalue weighted by Crippen LogP contribution is 2.12. The Balaban J connectivity index is 1.97. The van der Waals surface area contributed by atoms with Gasteiger partial charge in [-0.25, -0.2) is 0 Å². The fraction of sp³-hybridized carbons (Fsp3) is 0.500. The zero-order valence-electron chi connectivity index (χ0n) is 14.2. The van der Waals surface area contributed by atoms with Crippen molar-refractivity contribution in [1.82, 2.24) is 10.6 Å². The van der Waals surface area contributed by atoms with Gasteiger partial charge in [-0.1, -0.05) is 24.6 Å². The zero-order chi connectivity index (χ0) is 18.1. The van der Waals surface area contributed by atoms with Gasteiger partial charge in [0.1, 0.15) is 12.1 Å². The molecule has 1 aromatic rings. The fourth-order valence-electron chi connectivity index (χ4n) is 2.75. The number of carbonyl (C=O) groups is 3. The van der Waals surface area contributed by atoms with Gasteiger partial charge >= 0.3 is 0 Å². The van der Waals surface area contributed by atoms with Crippen LogP contribution >= 0.6 is 12.6 Å². The molecule has 1 aromatic carbocycles. The van der Waals surface area contributed by atoms with Gasteiger partial charge in [-0.3, -0.25) is 14.4 Å². The summed E-state index contributed by atoms with van der Waals surface area (Å²) in [6.45, 7) is 0. The monoisotopic (exact) mass is 363 g/mol. The topological polar surface area (TPSA) is 87.3 Å². The van der Waals surface area contributed by atoms with E-state index in [2.05, 4.69) is 28.6 Å². The van der Waals surface area contributed by atoms with E-state index < -0.39 is 12.1 Å². The predicted octanol–water partition coefficient (Wildman–Crippen LogP) is 1.88. The highest BCUT2D eigenvalue weighted by atomic mass is 32.1. The van der Waals surface area contributed by atoms with E-state index in [-0.39, 0.29) is 17.7 Å². The minimum Gasteiger partial charge on any atom is -0.344 e. The Morgan fingerprint density at radius 2 is 2.00 bits per heavy atom. The summed E-state index contributed by atoms with van der Waals surface area (Å²) < 4.78 is 0. The molecule has 7 heteroatoms. The summed E-state index contributed by atoms with van der Waals surface area (Å²) in [5, 5.41) is 8.30. The number of piperidine rings is 1. The average molecular weight is 363 g/mol. The number of anilines is 1. The molecule has 0 unspecified atom stereocenters. The van der Waals surface area contributed by atoms with E-state index in [1.807, 2.05) is 18.2 Å². The van der Waals surface area contributed by atoms with Gasteiger partial charge in [0.2, 0.25) is 17.7 Å². The third kappa shape index (κ3) is 6.42. The van der Waals surface area contributed by atoms with E-state index in [4.69, 9.17) is 0 Å². The van der Waals surface area contributed by atoms with Crippen LogP contribution in [0.5, 0.6) is 0 Å². The maximum absolute atomic E-state index is 12.6. The normalized spacial score (nSPS) is 18.1. The Morgan fingerprint density at radius 1 is 1.24 bits per heavy atom. The first-order valence-corrected chi connectivity index (χ1v) is 9.30. The first-order chi connectivity index (χ1) is 12.1. The number of benzene rings is 1. The van der Waals surface area contributed by atoms with Crippen LogP contribution in [0.2, 0.25) is 0 Å². The van der Waals surface area contributed by atoms with Crippen molar-refractivity contribution in [2.45, 2.75) is 50.6 Å². The molecule has 1 saturated heterocycles. The predicted molar refractivity (Wildman–Crippen MR) is 100 cm³/mol. The molecule has 3 N–H and O–H groups in total. The SMILES string of the molecule is O=C1CCC[C@@H](C(=O)N[C@@H](CCCCS)C(=O)Nc2ccccc2)N1. The zero-order valence-corrected chi connectivity index (χ0v) is 15.1. The van der Waals surface area contributed by atoms with Gasteiger partial charge in [-0.2, -0.15) is 12.6 Å². The van der Waals surface area contributed by atoms with E-state index in [9.17, 15) is 14.4 Å².